The summed E-state index contributed by atoms with van der Waals surface area (Å²) in [6, 6.07) is 15.7. The highest BCUT2D eigenvalue weighted by Gasteiger charge is 2.32. The molecule has 200 valence electrons. The molecule has 4 rings (SSSR count). The Morgan fingerprint density at radius 2 is 1.92 bits per heavy atom. The Balaban J connectivity index is 1.69. The first kappa shape index (κ1) is 27.3. The van der Waals surface area contributed by atoms with Gasteiger partial charge in [-0.25, -0.2) is 4.79 Å². The van der Waals surface area contributed by atoms with Crippen LogP contribution in [-0.2, 0) is 0 Å². The second kappa shape index (κ2) is 11.8. The highest BCUT2D eigenvalue weighted by atomic mass is 35.5. The topological polar surface area (TPSA) is 147 Å². The number of allylic oxidation sites excluding steroid dienone is 1. The van der Waals surface area contributed by atoms with Gasteiger partial charge in [0.2, 0.25) is 5.88 Å². The Kier molecular flexibility index (Phi) is 8.22. The molecule has 0 bridgehead atoms. The van der Waals surface area contributed by atoms with Crippen LogP contribution >= 0.6 is 11.6 Å². The van der Waals surface area contributed by atoms with Gasteiger partial charge in [-0.15, -0.1) is 0 Å². The van der Waals surface area contributed by atoms with E-state index in [0.717, 1.165) is 18.1 Å². The van der Waals surface area contributed by atoms with E-state index in [2.05, 4.69) is 6.07 Å². The molecule has 1 unspecified atom stereocenters. The van der Waals surface area contributed by atoms with Gasteiger partial charge in [-0.2, -0.15) is 5.26 Å². The Hall–Kier alpha value is -4.75. The summed E-state index contributed by atoms with van der Waals surface area (Å²) in [5.41, 5.74) is 7.19. The number of non-ortho nitro benzene ring substituents is 1. The second-order valence-electron chi connectivity index (χ2n) is 8.42. The molecule has 0 aliphatic carbocycles. The van der Waals surface area contributed by atoms with Crippen LogP contribution in [0, 0.1) is 21.4 Å². The minimum atomic E-state index is -0.888. The molecule has 0 saturated carbocycles. The number of rotatable bonds is 9. The summed E-state index contributed by atoms with van der Waals surface area (Å²) < 4.78 is 22.7. The molecule has 1 aliphatic rings. The number of nitro benzene ring substituents is 1. The minimum Gasteiger partial charge on any atom is -0.490 e. The number of halogens is 1. The lowest BCUT2D eigenvalue weighted by Crippen LogP contribution is -2.21. The number of hydrogen-bond acceptors (Lipinski definition) is 9. The summed E-state index contributed by atoms with van der Waals surface area (Å²) in [6.45, 7) is 4.81. The van der Waals surface area contributed by atoms with Crippen LogP contribution in [0.3, 0.4) is 0 Å². The molecule has 0 fully saturated rings. The maximum absolute atomic E-state index is 12.8. The summed E-state index contributed by atoms with van der Waals surface area (Å²) in [6.07, 6.45) is 0.832. The van der Waals surface area contributed by atoms with Crippen molar-refractivity contribution >= 4 is 23.3 Å². The molecule has 39 heavy (non-hydrogen) atoms. The van der Waals surface area contributed by atoms with Gasteiger partial charge < -0.3 is 24.7 Å². The van der Waals surface area contributed by atoms with Gasteiger partial charge in [-0.3, -0.25) is 10.1 Å². The van der Waals surface area contributed by atoms with E-state index in [-0.39, 0.29) is 39.2 Å². The van der Waals surface area contributed by atoms with Crippen molar-refractivity contribution in [2.45, 2.75) is 26.2 Å². The first-order valence-electron chi connectivity index (χ1n) is 12.0. The molecule has 3 aromatic carbocycles. The maximum atomic E-state index is 12.8. The normalized spacial score (nSPS) is 14.1. The van der Waals surface area contributed by atoms with E-state index in [0.29, 0.717) is 30.3 Å². The van der Waals surface area contributed by atoms with Crippen molar-refractivity contribution < 1.29 is 28.7 Å². The molecule has 0 amide bonds. The fraction of sp³-hybridized carbons (Fsp3) is 0.214. The zero-order valence-corrected chi connectivity index (χ0v) is 21.9. The van der Waals surface area contributed by atoms with Gasteiger partial charge in [0.05, 0.1) is 34.6 Å². The summed E-state index contributed by atoms with van der Waals surface area (Å²) in [5, 5.41) is 21.0. The Bertz CT molecular complexity index is 1510. The van der Waals surface area contributed by atoms with Gasteiger partial charge in [-0.1, -0.05) is 30.7 Å². The molecule has 10 nitrogen and oxygen atoms in total. The summed E-state index contributed by atoms with van der Waals surface area (Å²) in [7, 11) is 0. The average Bonchev–Trinajstić information content (AvgIpc) is 2.91. The third-order valence-electron chi connectivity index (χ3n) is 5.84. The summed E-state index contributed by atoms with van der Waals surface area (Å²) in [5.74, 6) is -0.0818. The van der Waals surface area contributed by atoms with Gasteiger partial charge in [0.1, 0.15) is 23.1 Å². The standard InChI is InChI=1S/C28H24ClN3O7/c1-3-11-37-23-10-5-16(12-25(23)36-4-2)26-19-8-7-18(14-24(19)39-27(31)21(26)15-30)38-28(33)20-13-17(32(34)35)6-9-22(20)29/h5-10,12-14,26H,3-4,11,31H2,1-2H3. The van der Waals surface area contributed by atoms with Gasteiger partial charge in [-0.05, 0) is 43.2 Å². The lowest BCUT2D eigenvalue weighted by Gasteiger charge is -2.27. The van der Waals surface area contributed by atoms with E-state index in [1.165, 1.54) is 24.3 Å². The minimum absolute atomic E-state index is 0.00202. The van der Waals surface area contributed by atoms with Crippen LogP contribution < -0.4 is 24.7 Å². The number of ether oxygens (including phenoxy) is 4. The molecule has 1 heterocycles. The molecule has 0 spiro atoms. The van der Waals surface area contributed by atoms with Crippen LogP contribution in [0.25, 0.3) is 0 Å². The highest BCUT2D eigenvalue weighted by molar-refractivity contribution is 6.33. The van der Waals surface area contributed by atoms with Gasteiger partial charge in [0.25, 0.3) is 5.69 Å². The van der Waals surface area contributed by atoms with Crippen LogP contribution in [0.4, 0.5) is 5.69 Å². The van der Waals surface area contributed by atoms with Crippen LogP contribution in [0.1, 0.15) is 47.7 Å². The Morgan fingerprint density at radius 1 is 1.13 bits per heavy atom. The molecule has 1 atom stereocenters. The number of carbonyl (C=O) groups excluding carboxylic acids is 1. The zero-order valence-electron chi connectivity index (χ0n) is 21.1. The fourth-order valence-electron chi connectivity index (χ4n) is 4.09. The highest BCUT2D eigenvalue weighted by Crippen LogP contribution is 2.45. The molecule has 0 aromatic heterocycles. The quantitative estimate of drug-likeness (QED) is 0.150. The van der Waals surface area contributed by atoms with Gasteiger partial charge in [0.15, 0.2) is 11.5 Å². The van der Waals surface area contributed by atoms with E-state index >= 15 is 0 Å². The third kappa shape index (κ3) is 5.73. The number of nitro groups is 1. The van der Waals surface area contributed by atoms with Gasteiger partial charge >= 0.3 is 5.97 Å². The fourth-order valence-corrected chi connectivity index (χ4v) is 4.29. The van der Waals surface area contributed by atoms with Crippen molar-refractivity contribution in [1.82, 2.24) is 0 Å². The van der Waals surface area contributed by atoms with E-state index in [9.17, 15) is 20.2 Å². The lowest BCUT2D eigenvalue weighted by atomic mass is 9.83. The number of carbonyl (C=O) groups is 1. The third-order valence-corrected chi connectivity index (χ3v) is 6.17. The number of benzene rings is 3. The van der Waals surface area contributed by atoms with Crippen LogP contribution in [0.15, 0.2) is 66.1 Å². The number of hydrogen-bond donors (Lipinski definition) is 1. The summed E-state index contributed by atoms with van der Waals surface area (Å²) in [4.78, 5) is 23.2. The monoisotopic (exact) mass is 549 g/mol. The van der Waals surface area contributed by atoms with Crippen molar-refractivity contribution in [3.05, 3.63) is 97.9 Å². The number of fused-ring (bicyclic) bond motifs is 1. The predicted molar refractivity (Wildman–Crippen MR) is 142 cm³/mol. The SMILES string of the molecule is CCCOc1ccc(C2C(C#N)=C(N)Oc3cc(OC(=O)c4cc([N+](=O)[O-])ccc4Cl)ccc32)cc1OCC. The number of nitrogens with two attached hydrogens (primary N) is 1. The smallest absolute Gasteiger partial charge is 0.345 e. The number of nitriles is 1. The van der Waals surface area contributed by atoms with Crippen molar-refractivity contribution in [3.8, 4) is 29.1 Å². The van der Waals surface area contributed by atoms with Crippen LogP contribution in [-0.4, -0.2) is 24.1 Å². The van der Waals surface area contributed by atoms with E-state index in [1.807, 2.05) is 19.9 Å². The molecule has 0 radical (unpaired) electrons. The van der Waals surface area contributed by atoms with E-state index < -0.39 is 16.8 Å². The van der Waals surface area contributed by atoms with Crippen molar-refractivity contribution in [3.63, 3.8) is 0 Å². The molecular formula is C28H24ClN3O7. The Morgan fingerprint density at radius 3 is 2.62 bits per heavy atom. The predicted octanol–water partition coefficient (Wildman–Crippen LogP) is 5.87. The largest absolute Gasteiger partial charge is 0.490 e. The first-order chi connectivity index (χ1) is 18.8. The molecule has 11 heteroatoms. The van der Waals surface area contributed by atoms with Crippen molar-refractivity contribution in [1.29, 1.82) is 5.26 Å². The average molecular weight is 550 g/mol. The van der Waals surface area contributed by atoms with Crippen molar-refractivity contribution in [2.24, 2.45) is 5.73 Å². The van der Waals surface area contributed by atoms with Crippen molar-refractivity contribution in [2.75, 3.05) is 13.2 Å². The van der Waals surface area contributed by atoms with Crippen LogP contribution in [0.5, 0.6) is 23.0 Å². The molecular weight excluding hydrogens is 526 g/mol. The Labute approximate surface area is 229 Å². The number of nitrogens with zero attached hydrogens (tertiary/aromatic N) is 2. The second-order valence-corrected chi connectivity index (χ2v) is 8.83. The molecule has 2 N–H and O–H groups in total. The molecule has 3 aromatic rings. The summed E-state index contributed by atoms with van der Waals surface area (Å²) >= 11 is 6.07. The molecule has 0 saturated heterocycles. The maximum Gasteiger partial charge on any atom is 0.345 e. The zero-order chi connectivity index (χ0) is 28.1. The molecule has 1 aliphatic heterocycles. The first-order valence-corrected chi connectivity index (χ1v) is 12.4. The lowest BCUT2D eigenvalue weighted by molar-refractivity contribution is -0.384. The number of esters is 1. The van der Waals surface area contributed by atoms with E-state index in [4.69, 9.17) is 36.3 Å². The van der Waals surface area contributed by atoms with E-state index in [1.54, 1.807) is 18.2 Å². The van der Waals surface area contributed by atoms with Gasteiger partial charge in [0, 0.05) is 23.8 Å². The van der Waals surface area contributed by atoms with Crippen LogP contribution in [0.2, 0.25) is 5.02 Å².